The smallest absolute Gasteiger partial charge is 0.374 e. The second kappa shape index (κ2) is 10.5. The average molecular weight is 610 g/mol. The Bertz CT molecular complexity index is 1430. The number of nitrogens with zero attached hydrogens (tertiary/aromatic N) is 1. The summed E-state index contributed by atoms with van der Waals surface area (Å²) >= 11 is 23.7. The minimum absolute atomic E-state index is 0.0145. The number of aryl methyl sites for hydroxylation is 1. The highest BCUT2D eigenvalue weighted by atomic mass is 35.5. The summed E-state index contributed by atoms with van der Waals surface area (Å²) in [7, 11) is -1.95. The Hall–Kier alpha value is -2.30. The molecule has 4 rings (SSSR count). The lowest BCUT2D eigenvalue weighted by Gasteiger charge is -2.29. The van der Waals surface area contributed by atoms with Crippen molar-refractivity contribution in [3.63, 3.8) is 0 Å². The standard InChI is InChI=1S/C24H15Cl4F3N2O3S/c1-12-4-13(2-3-20(12)22(34)33-37(35)19-9-17(27)8-18(28)10-19)21-11-23(36-32-21,24(29,30)31)14-5-15(25)7-16(26)6-14/h2-10H,11H2,1H3,(H,33,34). The van der Waals surface area contributed by atoms with E-state index in [0.29, 0.717) is 11.1 Å². The van der Waals surface area contributed by atoms with E-state index in [-0.39, 0.29) is 41.8 Å². The molecule has 5 nitrogen and oxygen atoms in total. The first-order valence-corrected chi connectivity index (χ1v) is 13.0. The highest BCUT2D eigenvalue weighted by Crippen LogP contribution is 2.49. The number of nitrogens with one attached hydrogen (secondary N) is 1. The Morgan fingerprint density at radius 3 is 2.08 bits per heavy atom. The topological polar surface area (TPSA) is 67.8 Å². The van der Waals surface area contributed by atoms with Gasteiger partial charge in [-0.1, -0.05) is 57.6 Å². The first-order valence-electron chi connectivity index (χ1n) is 10.4. The van der Waals surface area contributed by atoms with Crippen LogP contribution in [0.15, 0.2) is 64.6 Å². The third-order valence-electron chi connectivity index (χ3n) is 5.55. The van der Waals surface area contributed by atoms with Gasteiger partial charge in [-0.2, -0.15) is 13.2 Å². The maximum atomic E-state index is 14.2. The molecule has 0 saturated carbocycles. The second-order valence-electron chi connectivity index (χ2n) is 8.12. The molecule has 1 aliphatic heterocycles. The molecule has 3 aromatic rings. The second-order valence-corrected chi connectivity index (χ2v) is 11.1. The number of hydrogen-bond donors (Lipinski definition) is 1. The zero-order chi connectivity index (χ0) is 27.1. The number of halogens is 7. The number of rotatable bonds is 5. The molecule has 0 spiro atoms. The van der Waals surface area contributed by atoms with E-state index in [1.54, 1.807) is 6.92 Å². The number of hydrogen-bond acceptors (Lipinski definition) is 4. The molecule has 1 N–H and O–H groups in total. The van der Waals surface area contributed by atoms with Gasteiger partial charge in [0, 0.05) is 37.6 Å². The van der Waals surface area contributed by atoms with Crippen LogP contribution in [0, 0.1) is 6.92 Å². The van der Waals surface area contributed by atoms with Gasteiger partial charge in [0.25, 0.3) is 11.5 Å². The Morgan fingerprint density at radius 2 is 1.54 bits per heavy atom. The third-order valence-corrected chi connectivity index (χ3v) is 7.46. The summed E-state index contributed by atoms with van der Waals surface area (Å²) in [6.45, 7) is 1.59. The van der Waals surface area contributed by atoms with Gasteiger partial charge in [-0.05, 0) is 66.6 Å². The van der Waals surface area contributed by atoms with Crippen LogP contribution in [0.4, 0.5) is 13.2 Å². The van der Waals surface area contributed by atoms with Crippen LogP contribution in [0.2, 0.25) is 20.1 Å². The number of oxime groups is 1. The fraction of sp³-hybridized carbons (Fsp3) is 0.167. The normalized spacial score (nSPS) is 18.2. The lowest BCUT2D eigenvalue weighted by Crippen LogP contribution is -2.42. The van der Waals surface area contributed by atoms with Crippen molar-refractivity contribution in [2.45, 2.75) is 30.0 Å². The van der Waals surface area contributed by atoms with Crippen LogP contribution in [0.5, 0.6) is 0 Å². The molecular weight excluding hydrogens is 595 g/mol. The van der Waals surface area contributed by atoms with E-state index >= 15 is 0 Å². The lowest BCUT2D eigenvalue weighted by molar-refractivity contribution is -0.275. The molecule has 37 heavy (non-hydrogen) atoms. The molecule has 2 unspecified atom stereocenters. The number of benzene rings is 3. The summed E-state index contributed by atoms with van der Waals surface area (Å²) in [5, 5.41) is 4.26. The summed E-state index contributed by atoms with van der Waals surface area (Å²) in [5.74, 6) is -0.665. The highest BCUT2D eigenvalue weighted by Gasteiger charge is 2.62. The molecule has 194 valence electrons. The fourth-order valence-electron chi connectivity index (χ4n) is 3.78. The van der Waals surface area contributed by atoms with Crippen LogP contribution in [0.1, 0.15) is 33.5 Å². The summed E-state index contributed by atoms with van der Waals surface area (Å²) in [5.41, 5.74) is -2.16. The molecule has 13 heteroatoms. The lowest BCUT2D eigenvalue weighted by atomic mass is 9.86. The monoisotopic (exact) mass is 608 g/mol. The average Bonchev–Trinajstić information content (AvgIpc) is 3.25. The van der Waals surface area contributed by atoms with E-state index in [1.807, 2.05) is 0 Å². The van der Waals surface area contributed by atoms with Crippen molar-refractivity contribution in [3.05, 3.63) is 96.9 Å². The number of alkyl halides is 3. The highest BCUT2D eigenvalue weighted by molar-refractivity contribution is 7.83. The van der Waals surface area contributed by atoms with Crippen molar-refractivity contribution in [3.8, 4) is 0 Å². The van der Waals surface area contributed by atoms with Crippen molar-refractivity contribution in [1.29, 1.82) is 0 Å². The van der Waals surface area contributed by atoms with E-state index in [4.69, 9.17) is 51.2 Å². The van der Waals surface area contributed by atoms with Crippen molar-refractivity contribution in [2.24, 2.45) is 5.16 Å². The predicted octanol–water partition coefficient (Wildman–Crippen LogP) is 7.64. The van der Waals surface area contributed by atoms with Crippen LogP contribution in [0.3, 0.4) is 0 Å². The summed E-state index contributed by atoms with van der Waals surface area (Å²) in [6, 6.07) is 12.2. The van der Waals surface area contributed by atoms with Crippen LogP contribution < -0.4 is 4.72 Å². The molecule has 1 heterocycles. The van der Waals surface area contributed by atoms with Crippen molar-refractivity contribution in [2.75, 3.05) is 0 Å². The van der Waals surface area contributed by atoms with Crippen molar-refractivity contribution >= 4 is 69.0 Å². The molecule has 0 saturated heterocycles. The predicted molar refractivity (Wildman–Crippen MR) is 138 cm³/mol. The van der Waals surface area contributed by atoms with Crippen molar-refractivity contribution < 1.29 is 27.0 Å². The van der Waals surface area contributed by atoms with Crippen LogP contribution in [0.25, 0.3) is 0 Å². The van der Waals surface area contributed by atoms with Crippen molar-refractivity contribution in [1.82, 2.24) is 4.72 Å². The van der Waals surface area contributed by atoms with Crippen LogP contribution in [-0.4, -0.2) is 22.0 Å². The van der Waals surface area contributed by atoms with Gasteiger partial charge in [-0.15, -0.1) is 0 Å². The molecule has 0 aliphatic carbocycles. The van der Waals surface area contributed by atoms with E-state index in [2.05, 4.69) is 9.88 Å². The zero-order valence-corrected chi connectivity index (χ0v) is 22.5. The summed E-state index contributed by atoms with van der Waals surface area (Å²) in [4.78, 5) is 17.9. The molecule has 0 radical (unpaired) electrons. The maximum absolute atomic E-state index is 14.2. The fourth-order valence-corrected chi connectivity index (χ4v) is 5.82. The minimum Gasteiger partial charge on any atom is -0.374 e. The largest absolute Gasteiger partial charge is 0.435 e. The van der Waals surface area contributed by atoms with E-state index < -0.39 is 35.1 Å². The maximum Gasteiger partial charge on any atom is 0.435 e. The van der Waals surface area contributed by atoms with Gasteiger partial charge < -0.3 is 4.84 Å². The summed E-state index contributed by atoms with van der Waals surface area (Å²) in [6.07, 6.45) is -5.48. The van der Waals surface area contributed by atoms with E-state index in [1.165, 1.54) is 42.5 Å². The van der Waals surface area contributed by atoms with E-state index in [9.17, 15) is 22.2 Å². The molecule has 1 aliphatic rings. The zero-order valence-electron chi connectivity index (χ0n) is 18.6. The Labute approximate surface area is 232 Å². The van der Waals surface area contributed by atoms with Gasteiger partial charge in [-0.3, -0.25) is 9.52 Å². The Kier molecular flexibility index (Phi) is 7.84. The minimum atomic E-state index is -4.84. The first kappa shape index (κ1) is 27.7. The van der Waals surface area contributed by atoms with Gasteiger partial charge in [0.1, 0.15) is 0 Å². The molecule has 0 aromatic heterocycles. The number of amides is 1. The van der Waals surface area contributed by atoms with E-state index in [0.717, 1.165) is 12.1 Å². The Morgan fingerprint density at radius 1 is 0.973 bits per heavy atom. The molecule has 3 aromatic carbocycles. The molecule has 0 fully saturated rings. The van der Waals surface area contributed by atoms with Gasteiger partial charge in [-0.25, -0.2) is 4.21 Å². The van der Waals surface area contributed by atoms with Gasteiger partial charge in [0.2, 0.25) is 0 Å². The quantitative estimate of drug-likeness (QED) is 0.323. The van der Waals surface area contributed by atoms with Gasteiger partial charge in [0.15, 0.2) is 11.0 Å². The first-order chi connectivity index (χ1) is 17.3. The molecule has 0 bridgehead atoms. The number of carbonyl (C=O) groups is 1. The van der Waals surface area contributed by atoms with Crippen LogP contribution in [-0.2, 0) is 21.4 Å². The Balaban J connectivity index is 1.57. The number of carbonyl (C=O) groups excluding carboxylic acids is 1. The van der Waals surface area contributed by atoms with Gasteiger partial charge in [0.05, 0.1) is 10.6 Å². The molecule has 1 amide bonds. The third kappa shape index (κ3) is 5.76. The van der Waals surface area contributed by atoms with Gasteiger partial charge >= 0.3 is 6.18 Å². The molecule has 2 atom stereocenters. The SMILES string of the molecule is Cc1cc(C2=NOC(c3cc(Cl)cc(Cl)c3)(C(F)(F)F)C2)ccc1C(=O)NS(=O)c1cc(Cl)cc(Cl)c1. The molecular formula is C24H15Cl4F3N2O3S. The summed E-state index contributed by atoms with van der Waals surface area (Å²) < 4.78 is 57.6. The van der Waals surface area contributed by atoms with Crippen LogP contribution >= 0.6 is 46.4 Å².